The summed E-state index contributed by atoms with van der Waals surface area (Å²) < 4.78 is 5.14. The maximum atomic E-state index is 11.6. The normalized spacial score (nSPS) is 20.4. The summed E-state index contributed by atoms with van der Waals surface area (Å²) in [4.78, 5) is 13.4. The van der Waals surface area contributed by atoms with Crippen LogP contribution in [0.4, 0.5) is 4.79 Å². The molecule has 3 heteroatoms. The highest BCUT2D eigenvalue weighted by Gasteiger charge is 2.36. The zero-order valence-corrected chi connectivity index (χ0v) is 9.93. The Morgan fingerprint density at radius 3 is 2.69 bits per heavy atom. The van der Waals surface area contributed by atoms with Crippen molar-refractivity contribution in [2.45, 2.75) is 32.9 Å². The third-order valence-electron chi connectivity index (χ3n) is 3.02. The third kappa shape index (κ3) is 1.77. The number of benzene rings is 1. The molecule has 1 heterocycles. The molecule has 1 fully saturated rings. The van der Waals surface area contributed by atoms with Crippen LogP contribution in [-0.2, 0) is 4.74 Å². The number of aryl methyl sites for hydroxylation is 1. The van der Waals surface area contributed by atoms with Crippen LogP contribution in [0.15, 0.2) is 24.3 Å². The van der Waals surface area contributed by atoms with Crippen molar-refractivity contribution >= 4 is 6.09 Å². The molecule has 0 radical (unpaired) electrons. The number of rotatable bonds is 2. The second-order valence-electron chi connectivity index (χ2n) is 4.45. The van der Waals surface area contributed by atoms with Gasteiger partial charge >= 0.3 is 6.09 Å². The van der Waals surface area contributed by atoms with Crippen LogP contribution in [0.2, 0.25) is 0 Å². The van der Waals surface area contributed by atoms with Crippen molar-refractivity contribution in [3.05, 3.63) is 35.4 Å². The van der Waals surface area contributed by atoms with E-state index in [1.165, 1.54) is 11.1 Å². The van der Waals surface area contributed by atoms with E-state index in [-0.39, 0.29) is 18.2 Å². The molecule has 1 amide bonds. The van der Waals surface area contributed by atoms with E-state index in [9.17, 15) is 4.79 Å². The molecule has 1 unspecified atom stereocenters. The molecule has 1 aromatic rings. The van der Waals surface area contributed by atoms with Crippen molar-refractivity contribution in [3.63, 3.8) is 0 Å². The van der Waals surface area contributed by atoms with E-state index in [0.717, 1.165) is 0 Å². The summed E-state index contributed by atoms with van der Waals surface area (Å²) in [5.41, 5.74) is 2.39. The monoisotopic (exact) mass is 219 g/mol. The minimum Gasteiger partial charge on any atom is -0.447 e. The van der Waals surface area contributed by atoms with E-state index >= 15 is 0 Å². The van der Waals surface area contributed by atoms with E-state index < -0.39 is 0 Å². The maximum Gasteiger partial charge on any atom is 0.410 e. The van der Waals surface area contributed by atoms with Crippen molar-refractivity contribution < 1.29 is 9.53 Å². The maximum absolute atomic E-state index is 11.6. The minimum absolute atomic E-state index is 0.0636. The van der Waals surface area contributed by atoms with Gasteiger partial charge in [-0.25, -0.2) is 4.79 Å². The lowest BCUT2D eigenvalue weighted by Gasteiger charge is -2.26. The van der Waals surface area contributed by atoms with Crippen LogP contribution in [0, 0.1) is 6.92 Å². The van der Waals surface area contributed by atoms with E-state index in [2.05, 4.69) is 19.1 Å². The molecule has 3 nitrogen and oxygen atoms in total. The number of nitrogens with zero attached hydrogens (tertiary/aromatic N) is 1. The van der Waals surface area contributed by atoms with Gasteiger partial charge in [-0.3, -0.25) is 4.90 Å². The summed E-state index contributed by atoms with van der Waals surface area (Å²) in [6.07, 6.45) is -0.205. The molecule has 86 valence electrons. The molecule has 0 bridgehead atoms. The lowest BCUT2D eigenvalue weighted by atomic mass is 10.0. The van der Waals surface area contributed by atoms with Crippen molar-refractivity contribution in [3.8, 4) is 0 Å². The van der Waals surface area contributed by atoms with Crippen LogP contribution < -0.4 is 0 Å². The first-order valence-corrected chi connectivity index (χ1v) is 5.62. The summed E-state index contributed by atoms with van der Waals surface area (Å²) in [7, 11) is 0. The zero-order chi connectivity index (χ0) is 11.7. The number of carbonyl (C=O) groups is 1. The van der Waals surface area contributed by atoms with Gasteiger partial charge in [-0.15, -0.1) is 0 Å². The molecule has 0 spiro atoms. The van der Waals surface area contributed by atoms with Gasteiger partial charge in [0, 0.05) is 6.04 Å². The predicted molar refractivity (Wildman–Crippen MR) is 62.2 cm³/mol. The van der Waals surface area contributed by atoms with Gasteiger partial charge in [-0.2, -0.15) is 0 Å². The van der Waals surface area contributed by atoms with Gasteiger partial charge in [0.25, 0.3) is 0 Å². The predicted octanol–water partition coefficient (Wildman–Crippen LogP) is 2.90. The smallest absolute Gasteiger partial charge is 0.410 e. The van der Waals surface area contributed by atoms with Crippen molar-refractivity contribution in [2.75, 3.05) is 6.61 Å². The molecule has 2 rings (SSSR count). The molecule has 1 aliphatic rings. The van der Waals surface area contributed by atoms with E-state index in [0.29, 0.717) is 6.61 Å². The summed E-state index contributed by atoms with van der Waals surface area (Å²) in [5, 5.41) is 0. The fraction of sp³-hybridized carbons (Fsp3) is 0.462. The number of amides is 1. The zero-order valence-electron chi connectivity index (χ0n) is 9.93. The molecular weight excluding hydrogens is 202 g/mol. The molecular formula is C13H17NO2. The second-order valence-corrected chi connectivity index (χ2v) is 4.45. The Balaban J connectivity index is 2.34. The SMILES string of the molecule is Cc1ccccc1C1COC(=O)N1C(C)C. The Morgan fingerprint density at radius 1 is 1.38 bits per heavy atom. The lowest BCUT2D eigenvalue weighted by molar-refractivity contribution is 0.149. The molecule has 0 saturated carbocycles. The largest absolute Gasteiger partial charge is 0.447 e. The van der Waals surface area contributed by atoms with Gasteiger partial charge in [-0.1, -0.05) is 24.3 Å². The summed E-state index contributed by atoms with van der Waals surface area (Å²) in [6, 6.07) is 8.38. The van der Waals surface area contributed by atoms with Gasteiger partial charge in [0.15, 0.2) is 0 Å². The number of cyclic esters (lactones) is 1. The number of carbonyl (C=O) groups excluding carboxylic acids is 1. The summed E-state index contributed by atoms with van der Waals surface area (Å²) in [6.45, 7) is 6.55. The Hall–Kier alpha value is -1.51. The average Bonchev–Trinajstić information content (AvgIpc) is 2.61. The van der Waals surface area contributed by atoms with Crippen LogP contribution in [0.25, 0.3) is 0 Å². The van der Waals surface area contributed by atoms with Crippen molar-refractivity contribution in [2.24, 2.45) is 0 Å². The third-order valence-corrected chi connectivity index (χ3v) is 3.02. The quantitative estimate of drug-likeness (QED) is 0.765. The van der Waals surface area contributed by atoms with E-state index in [1.54, 1.807) is 0 Å². The molecule has 0 aromatic heterocycles. The average molecular weight is 219 g/mol. The summed E-state index contributed by atoms with van der Waals surface area (Å²) >= 11 is 0. The highest BCUT2D eigenvalue weighted by atomic mass is 16.6. The van der Waals surface area contributed by atoms with E-state index in [1.807, 2.05) is 30.9 Å². The van der Waals surface area contributed by atoms with Crippen LogP contribution in [0.1, 0.15) is 31.0 Å². The fourth-order valence-corrected chi connectivity index (χ4v) is 2.20. The van der Waals surface area contributed by atoms with Crippen molar-refractivity contribution in [1.29, 1.82) is 0 Å². The highest BCUT2D eigenvalue weighted by Crippen LogP contribution is 2.31. The molecule has 0 aliphatic carbocycles. The molecule has 16 heavy (non-hydrogen) atoms. The molecule has 0 N–H and O–H groups in total. The Kier molecular flexibility index (Phi) is 2.86. The van der Waals surface area contributed by atoms with Gasteiger partial charge in [0.2, 0.25) is 0 Å². The van der Waals surface area contributed by atoms with Crippen LogP contribution in [0.3, 0.4) is 0 Å². The van der Waals surface area contributed by atoms with Crippen LogP contribution in [-0.4, -0.2) is 23.6 Å². The Bertz CT molecular complexity index is 401. The number of hydrogen-bond acceptors (Lipinski definition) is 2. The first-order chi connectivity index (χ1) is 7.61. The van der Waals surface area contributed by atoms with Crippen LogP contribution >= 0.6 is 0 Å². The molecule has 1 aromatic carbocycles. The highest BCUT2D eigenvalue weighted by molar-refractivity contribution is 5.71. The van der Waals surface area contributed by atoms with Gasteiger partial charge in [-0.05, 0) is 31.9 Å². The molecule has 1 saturated heterocycles. The first-order valence-electron chi connectivity index (χ1n) is 5.62. The number of ether oxygens (including phenoxy) is 1. The Labute approximate surface area is 96.0 Å². The number of hydrogen-bond donors (Lipinski definition) is 0. The fourth-order valence-electron chi connectivity index (χ4n) is 2.20. The van der Waals surface area contributed by atoms with Crippen molar-refractivity contribution in [1.82, 2.24) is 4.90 Å². The van der Waals surface area contributed by atoms with Gasteiger partial charge < -0.3 is 4.74 Å². The van der Waals surface area contributed by atoms with Gasteiger partial charge in [0.05, 0.1) is 6.04 Å². The molecule has 1 atom stereocenters. The molecule has 1 aliphatic heterocycles. The Morgan fingerprint density at radius 2 is 2.06 bits per heavy atom. The first kappa shape index (κ1) is 11.0. The van der Waals surface area contributed by atoms with Gasteiger partial charge in [0.1, 0.15) is 6.61 Å². The topological polar surface area (TPSA) is 29.5 Å². The van der Waals surface area contributed by atoms with Crippen LogP contribution in [0.5, 0.6) is 0 Å². The second kappa shape index (κ2) is 4.16. The van der Waals surface area contributed by atoms with E-state index in [4.69, 9.17) is 4.74 Å². The standard InChI is InChI=1S/C13H17NO2/c1-9(2)14-12(8-16-13(14)15)11-7-5-4-6-10(11)3/h4-7,9,12H,8H2,1-3H3. The lowest BCUT2D eigenvalue weighted by Crippen LogP contribution is -2.34. The summed E-state index contributed by atoms with van der Waals surface area (Å²) in [5.74, 6) is 0. The minimum atomic E-state index is -0.205.